The lowest BCUT2D eigenvalue weighted by atomic mass is 9.95. The molecule has 11 nitrogen and oxygen atoms in total. The van der Waals surface area contributed by atoms with Gasteiger partial charge < -0.3 is 14.6 Å². The number of hydrogen-bond acceptors (Lipinski definition) is 7. The fraction of sp³-hybridized carbons (Fsp3) is 0.429. The van der Waals surface area contributed by atoms with Crippen LogP contribution in [0.25, 0.3) is 0 Å². The smallest absolute Gasteiger partial charge is 0.408 e. The number of fused-ring (bicyclic) bond motifs is 2. The van der Waals surface area contributed by atoms with Gasteiger partial charge in [0.1, 0.15) is 6.04 Å². The molecule has 3 aliphatic rings. The highest BCUT2D eigenvalue weighted by Crippen LogP contribution is 2.38. The Kier molecular flexibility index (Phi) is 8.03. The molecule has 3 aromatic rings. The van der Waals surface area contributed by atoms with E-state index < -0.39 is 27.2 Å². The number of rotatable bonds is 4. The quantitative estimate of drug-likeness (QED) is 0.447. The van der Waals surface area contributed by atoms with Crippen molar-refractivity contribution in [2.24, 2.45) is 0 Å². The average Bonchev–Trinajstić information content (AvgIpc) is 3.42. The standard InChI is InChI=1S/C28H30BrClN6O5S/c29-20-11-19-2-1-18-12-21(30)3-4-23(18)26(25(19)32-13-20)34-7-8-36(28(38)39)24(16-34)27(37)35-9-10-42(40,41)22(15-35)14-33-6-5-31-17-33/h3-6,11-13,17,22,24,26H,1-2,7-10,14-16H2,(H,38,39)/t22-,24+,26?/m0/s1. The lowest BCUT2D eigenvalue weighted by Gasteiger charge is -2.45. The minimum absolute atomic E-state index is 0.00746. The number of halogens is 2. The number of imidazole rings is 1. The zero-order valence-electron chi connectivity index (χ0n) is 22.6. The fourth-order valence-corrected chi connectivity index (χ4v) is 8.52. The highest BCUT2D eigenvalue weighted by molar-refractivity contribution is 9.10. The van der Waals surface area contributed by atoms with Crippen molar-refractivity contribution >= 4 is 49.4 Å². The Morgan fingerprint density at radius 2 is 1.90 bits per heavy atom. The van der Waals surface area contributed by atoms with Crippen LogP contribution in [0, 0.1) is 0 Å². The lowest BCUT2D eigenvalue weighted by molar-refractivity contribution is -0.139. The average molecular weight is 678 g/mol. The first-order chi connectivity index (χ1) is 20.1. The molecule has 2 saturated heterocycles. The molecule has 1 unspecified atom stereocenters. The predicted molar refractivity (Wildman–Crippen MR) is 159 cm³/mol. The number of amides is 2. The maximum absolute atomic E-state index is 14.0. The van der Waals surface area contributed by atoms with Crippen molar-refractivity contribution in [2.75, 3.05) is 38.5 Å². The summed E-state index contributed by atoms with van der Waals surface area (Å²) in [7, 11) is -3.44. The molecular weight excluding hydrogens is 648 g/mol. The van der Waals surface area contributed by atoms with Crippen LogP contribution >= 0.6 is 27.5 Å². The molecule has 1 aliphatic carbocycles. The molecule has 14 heteroatoms. The van der Waals surface area contributed by atoms with Crippen molar-refractivity contribution in [3.63, 3.8) is 0 Å². The van der Waals surface area contributed by atoms with Crippen molar-refractivity contribution in [2.45, 2.75) is 36.7 Å². The molecule has 4 heterocycles. The second-order valence-corrected chi connectivity index (χ2v) is 14.7. The van der Waals surface area contributed by atoms with Gasteiger partial charge in [0, 0.05) is 67.4 Å². The number of carbonyl (C=O) groups is 2. The Morgan fingerprint density at radius 3 is 2.67 bits per heavy atom. The van der Waals surface area contributed by atoms with Gasteiger partial charge in [0.25, 0.3) is 0 Å². The first-order valence-corrected chi connectivity index (χ1v) is 16.6. The summed E-state index contributed by atoms with van der Waals surface area (Å²) in [5, 5.41) is 9.91. The van der Waals surface area contributed by atoms with Gasteiger partial charge in [-0.25, -0.2) is 18.2 Å². The van der Waals surface area contributed by atoms with Crippen LogP contribution in [-0.4, -0.2) is 105 Å². The molecule has 2 amide bonds. The third-order valence-electron chi connectivity index (χ3n) is 8.46. The third kappa shape index (κ3) is 5.67. The van der Waals surface area contributed by atoms with Gasteiger partial charge in [0.2, 0.25) is 5.91 Å². The van der Waals surface area contributed by atoms with Crippen molar-refractivity contribution < 1.29 is 23.1 Å². The molecular formula is C28H30BrClN6O5S. The van der Waals surface area contributed by atoms with E-state index in [1.165, 1.54) is 9.80 Å². The van der Waals surface area contributed by atoms with E-state index in [-0.39, 0.29) is 50.4 Å². The van der Waals surface area contributed by atoms with E-state index in [1.54, 1.807) is 29.5 Å². The molecule has 2 aliphatic heterocycles. The molecule has 42 heavy (non-hydrogen) atoms. The summed E-state index contributed by atoms with van der Waals surface area (Å²) in [6.07, 6.45) is 6.93. The van der Waals surface area contributed by atoms with E-state index >= 15 is 0 Å². The minimum Gasteiger partial charge on any atom is -0.465 e. The molecule has 2 aromatic heterocycles. The minimum atomic E-state index is -3.44. The van der Waals surface area contributed by atoms with E-state index in [2.05, 4.69) is 31.9 Å². The van der Waals surface area contributed by atoms with Gasteiger partial charge in [-0.05, 0) is 63.7 Å². The summed E-state index contributed by atoms with van der Waals surface area (Å²) in [5.74, 6) is -0.563. The van der Waals surface area contributed by atoms with Crippen molar-refractivity contribution in [1.29, 1.82) is 0 Å². The Balaban J connectivity index is 1.32. The lowest BCUT2D eigenvalue weighted by Crippen LogP contribution is -2.63. The highest BCUT2D eigenvalue weighted by atomic mass is 79.9. The zero-order valence-corrected chi connectivity index (χ0v) is 25.8. The number of benzene rings is 1. The monoisotopic (exact) mass is 676 g/mol. The van der Waals surface area contributed by atoms with Crippen LogP contribution in [0.2, 0.25) is 5.02 Å². The molecule has 0 saturated carbocycles. The number of hydrogen-bond donors (Lipinski definition) is 1. The molecule has 0 spiro atoms. The second kappa shape index (κ2) is 11.6. The summed E-state index contributed by atoms with van der Waals surface area (Å²) >= 11 is 9.91. The van der Waals surface area contributed by atoms with E-state index in [9.17, 15) is 23.1 Å². The van der Waals surface area contributed by atoms with Gasteiger partial charge in [-0.3, -0.25) is 19.6 Å². The van der Waals surface area contributed by atoms with Crippen LogP contribution in [0.15, 0.2) is 53.7 Å². The van der Waals surface area contributed by atoms with E-state index in [1.807, 2.05) is 18.2 Å². The molecule has 222 valence electrons. The van der Waals surface area contributed by atoms with Crippen LogP contribution in [-0.2, 0) is 34.0 Å². The van der Waals surface area contributed by atoms with Gasteiger partial charge in [0.15, 0.2) is 9.84 Å². The van der Waals surface area contributed by atoms with Crippen molar-refractivity contribution in [1.82, 2.24) is 29.2 Å². The van der Waals surface area contributed by atoms with Crippen molar-refractivity contribution in [3.8, 4) is 0 Å². The molecule has 6 rings (SSSR count). The van der Waals surface area contributed by atoms with Gasteiger partial charge in [-0.1, -0.05) is 17.7 Å². The summed E-state index contributed by atoms with van der Waals surface area (Å²) in [5.41, 5.74) is 4.08. The molecule has 0 bridgehead atoms. The fourth-order valence-electron chi connectivity index (χ4n) is 6.33. The number of nitrogens with zero attached hydrogens (tertiary/aromatic N) is 6. The molecule has 1 aromatic carbocycles. The molecule has 1 N–H and O–H groups in total. The summed E-state index contributed by atoms with van der Waals surface area (Å²) in [6.45, 7) is 0.857. The van der Waals surface area contributed by atoms with Crippen molar-refractivity contribution in [3.05, 3.63) is 81.1 Å². The maximum Gasteiger partial charge on any atom is 0.408 e. The number of carboxylic acid groups (broad SMARTS) is 1. The van der Waals surface area contributed by atoms with Crippen LogP contribution < -0.4 is 0 Å². The van der Waals surface area contributed by atoms with Gasteiger partial charge in [-0.2, -0.15) is 0 Å². The third-order valence-corrected chi connectivity index (χ3v) is 11.2. The highest BCUT2D eigenvalue weighted by Gasteiger charge is 2.44. The summed E-state index contributed by atoms with van der Waals surface area (Å²) in [6, 6.07) is 6.58. The Hall–Kier alpha value is -3.00. The number of aryl methyl sites for hydroxylation is 2. The number of carbonyl (C=O) groups excluding carboxylic acids is 1. The topological polar surface area (TPSA) is 129 Å². The second-order valence-electron chi connectivity index (χ2n) is 11.0. The van der Waals surface area contributed by atoms with Gasteiger partial charge >= 0.3 is 6.09 Å². The van der Waals surface area contributed by atoms with Gasteiger partial charge in [0.05, 0.1) is 29.1 Å². The SMILES string of the molecule is O=C([C@H]1CN(C2c3ccc(Cl)cc3CCc3cc(Br)cnc32)CCN1C(=O)O)N1CCS(=O)(=O)[C@@H](Cn2ccnc2)C1. The Labute approximate surface area is 257 Å². The largest absolute Gasteiger partial charge is 0.465 e. The Morgan fingerprint density at radius 1 is 1.10 bits per heavy atom. The molecule has 3 atom stereocenters. The number of piperazine rings is 1. The van der Waals surface area contributed by atoms with Crippen LogP contribution in [0.1, 0.15) is 28.4 Å². The number of sulfone groups is 1. The van der Waals surface area contributed by atoms with Crippen LogP contribution in [0.3, 0.4) is 0 Å². The summed E-state index contributed by atoms with van der Waals surface area (Å²) in [4.78, 5) is 40.0. The van der Waals surface area contributed by atoms with E-state index in [0.29, 0.717) is 11.6 Å². The number of pyridine rings is 1. The molecule has 0 radical (unpaired) electrons. The molecule has 2 fully saturated rings. The first-order valence-electron chi connectivity index (χ1n) is 13.7. The summed E-state index contributed by atoms with van der Waals surface area (Å²) < 4.78 is 28.3. The Bertz CT molecular complexity index is 1570. The number of aromatic nitrogens is 3. The van der Waals surface area contributed by atoms with E-state index in [4.69, 9.17) is 16.6 Å². The van der Waals surface area contributed by atoms with Crippen LogP contribution in [0.5, 0.6) is 0 Å². The van der Waals surface area contributed by atoms with E-state index in [0.717, 1.165) is 39.7 Å². The zero-order chi connectivity index (χ0) is 29.6. The maximum atomic E-state index is 14.0. The van der Waals surface area contributed by atoms with Crippen LogP contribution in [0.4, 0.5) is 4.79 Å². The normalized spacial score (nSPS) is 24.0. The predicted octanol–water partition coefficient (Wildman–Crippen LogP) is 2.87. The first kappa shape index (κ1) is 29.1. The van der Waals surface area contributed by atoms with Gasteiger partial charge in [-0.15, -0.1) is 0 Å².